The molecule has 2 aromatic rings. The van der Waals surface area contributed by atoms with Gasteiger partial charge in [-0.05, 0) is 37.6 Å². The lowest BCUT2D eigenvalue weighted by Crippen LogP contribution is -2.58. The Morgan fingerprint density at radius 1 is 1.41 bits per heavy atom. The number of carbonyl (C=O) groups is 2. The summed E-state index contributed by atoms with van der Waals surface area (Å²) in [4.78, 5) is 24.4. The zero-order valence-electron chi connectivity index (χ0n) is 12.6. The predicted molar refractivity (Wildman–Crippen MR) is 88.7 cm³/mol. The number of amides is 2. The molecule has 3 rings (SSSR count). The van der Waals surface area contributed by atoms with Crippen LogP contribution in [0.1, 0.15) is 11.3 Å². The smallest absolute Gasteiger partial charge is 0.240 e. The van der Waals surface area contributed by atoms with Crippen LogP contribution in [0.2, 0.25) is 0 Å². The maximum absolute atomic E-state index is 12.2. The summed E-state index contributed by atoms with van der Waals surface area (Å²) >= 11 is 3.49. The summed E-state index contributed by atoms with van der Waals surface area (Å²) in [5.41, 5.74) is 3.36. The highest BCUT2D eigenvalue weighted by Crippen LogP contribution is 2.27. The molecule has 2 heterocycles. The number of aryl methyl sites for hydroxylation is 1. The molecule has 1 saturated heterocycles. The largest absolute Gasteiger partial charge is 0.348 e. The molecule has 5 nitrogen and oxygen atoms in total. The number of carbonyl (C=O) groups excluding carboxylic acids is 2. The van der Waals surface area contributed by atoms with E-state index in [1.807, 2.05) is 23.6 Å². The number of hydrogen-bond donors (Lipinski definition) is 1. The van der Waals surface area contributed by atoms with Crippen LogP contribution in [0.25, 0.3) is 10.9 Å². The highest BCUT2D eigenvalue weighted by Gasteiger charge is 2.26. The van der Waals surface area contributed by atoms with E-state index < -0.39 is 0 Å². The molecule has 1 aromatic heterocycles. The van der Waals surface area contributed by atoms with E-state index in [4.69, 9.17) is 0 Å². The van der Waals surface area contributed by atoms with Crippen LogP contribution < -0.4 is 5.32 Å². The molecule has 0 unspecified atom stereocenters. The first-order chi connectivity index (χ1) is 10.5. The summed E-state index contributed by atoms with van der Waals surface area (Å²) in [5, 5.41) is 4.13. The summed E-state index contributed by atoms with van der Waals surface area (Å²) in [6, 6.07) is 6.18. The normalized spacial score (nSPS) is 15.0. The Morgan fingerprint density at radius 2 is 2.14 bits per heavy atom. The minimum absolute atomic E-state index is 0.0153. The molecular formula is C16H18BrN3O2. The van der Waals surface area contributed by atoms with Gasteiger partial charge in [-0.2, -0.15) is 0 Å². The molecule has 1 aromatic carbocycles. The molecule has 0 radical (unpaired) electrons. The first-order valence-electron chi connectivity index (χ1n) is 7.23. The molecule has 1 N–H and O–H groups in total. The van der Waals surface area contributed by atoms with Crippen LogP contribution in [0.15, 0.2) is 22.7 Å². The first-order valence-corrected chi connectivity index (χ1v) is 8.02. The highest BCUT2D eigenvalue weighted by molar-refractivity contribution is 9.10. The van der Waals surface area contributed by atoms with Crippen molar-refractivity contribution >= 4 is 39.2 Å². The van der Waals surface area contributed by atoms with Crippen LogP contribution in [0.4, 0.5) is 0 Å². The fourth-order valence-corrected chi connectivity index (χ4v) is 3.29. The molecule has 0 atom stereocenters. The van der Waals surface area contributed by atoms with Crippen molar-refractivity contribution in [3.8, 4) is 0 Å². The van der Waals surface area contributed by atoms with Gasteiger partial charge in [0.1, 0.15) is 6.54 Å². The zero-order valence-corrected chi connectivity index (χ0v) is 14.2. The van der Waals surface area contributed by atoms with Crippen LogP contribution in [0, 0.1) is 13.8 Å². The second-order valence-corrected chi connectivity index (χ2v) is 6.70. The van der Waals surface area contributed by atoms with Gasteiger partial charge in [-0.3, -0.25) is 9.59 Å². The van der Waals surface area contributed by atoms with Gasteiger partial charge < -0.3 is 14.8 Å². The third-order valence-corrected chi connectivity index (χ3v) is 4.82. The monoisotopic (exact) mass is 363 g/mol. The molecule has 1 aliphatic rings. The maximum atomic E-state index is 12.2. The zero-order chi connectivity index (χ0) is 15.9. The van der Waals surface area contributed by atoms with Gasteiger partial charge in [0.05, 0.1) is 6.04 Å². The molecule has 1 fully saturated rings. The van der Waals surface area contributed by atoms with Crippen LogP contribution in [-0.2, 0) is 16.1 Å². The van der Waals surface area contributed by atoms with Crippen molar-refractivity contribution in [1.82, 2.24) is 14.8 Å². The van der Waals surface area contributed by atoms with Gasteiger partial charge in [0.15, 0.2) is 0 Å². The minimum Gasteiger partial charge on any atom is -0.348 e. The molecule has 2 amide bonds. The van der Waals surface area contributed by atoms with Gasteiger partial charge in [-0.15, -0.1) is 0 Å². The van der Waals surface area contributed by atoms with Crippen molar-refractivity contribution in [2.45, 2.75) is 26.4 Å². The molecular weight excluding hydrogens is 346 g/mol. The summed E-state index contributed by atoms with van der Waals surface area (Å²) < 4.78 is 3.08. The first kappa shape index (κ1) is 15.1. The van der Waals surface area contributed by atoms with E-state index in [-0.39, 0.29) is 11.9 Å². The SMILES string of the molecule is Cc1c(C)n(CC(=O)NC2CN(C=O)C2)c2ccc(Br)cc12. The summed E-state index contributed by atoms with van der Waals surface area (Å²) in [6.07, 6.45) is 0.813. The van der Waals surface area contributed by atoms with Crippen LogP contribution in [0.5, 0.6) is 0 Å². The highest BCUT2D eigenvalue weighted by atomic mass is 79.9. The van der Waals surface area contributed by atoms with Crippen molar-refractivity contribution in [2.24, 2.45) is 0 Å². The molecule has 1 aliphatic heterocycles. The van der Waals surface area contributed by atoms with Gasteiger partial charge in [0, 0.05) is 34.2 Å². The van der Waals surface area contributed by atoms with Crippen molar-refractivity contribution in [1.29, 1.82) is 0 Å². The Hall–Kier alpha value is -1.82. The number of rotatable bonds is 4. The van der Waals surface area contributed by atoms with E-state index in [2.05, 4.69) is 34.2 Å². The van der Waals surface area contributed by atoms with Crippen LogP contribution >= 0.6 is 15.9 Å². The van der Waals surface area contributed by atoms with Gasteiger partial charge in [-0.1, -0.05) is 15.9 Å². The van der Waals surface area contributed by atoms with E-state index in [9.17, 15) is 9.59 Å². The molecule has 0 saturated carbocycles. The molecule has 22 heavy (non-hydrogen) atoms. The summed E-state index contributed by atoms with van der Waals surface area (Å²) in [5.74, 6) is -0.0153. The Labute approximate surface area is 137 Å². The number of fused-ring (bicyclic) bond motifs is 1. The van der Waals surface area contributed by atoms with E-state index in [1.165, 1.54) is 5.56 Å². The third kappa shape index (κ3) is 2.63. The maximum Gasteiger partial charge on any atom is 0.240 e. The quantitative estimate of drug-likeness (QED) is 0.844. The molecule has 116 valence electrons. The minimum atomic E-state index is -0.0153. The fraction of sp³-hybridized carbons (Fsp3) is 0.375. The van der Waals surface area contributed by atoms with Gasteiger partial charge in [0.2, 0.25) is 12.3 Å². The standard InChI is InChI=1S/C16H18BrN3O2/c1-10-11(2)20(15-4-3-12(17)5-14(10)15)8-16(22)18-13-6-19(7-13)9-21/h3-5,9,13H,6-8H2,1-2H3,(H,18,22). The number of aromatic nitrogens is 1. The number of hydrogen-bond acceptors (Lipinski definition) is 2. The molecule has 0 bridgehead atoms. The molecule has 0 spiro atoms. The predicted octanol–water partition coefficient (Wildman–Crippen LogP) is 1.98. The van der Waals surface area contributed by atoms with Crippen molar-refractivity contribution < 1.29 is 9.59 Å². The summed E-state index contributed by atoms with van der Waals surface area (Å²) in [7, 11) is 0. The fourth-order valence-electron chi connectivity index (χ4n) is 2.93. The van der Waals surface area contributed by atoms with E-state index in [0.29, 0.717) is 19.6 Å². The van der Waals surface area contributed by atoms with Gasteiger partial charge in [-0.25, -0.2) is 0 Å². The van der Waals surface area contributed by atoms with E-state index >= 15 is 0 Å². The third-order valence-electron chi connectivity index (χ3n) is 4.33. The van der Waals surface area contributed by atoms with E-state index in [1.54, 1.807) is 4.90 Å². The number of nitrogens with one attached hydrogen (secondary N) is 1. The molecule has 0 aliphatic carbocycles. The average Bonchev–Trinajstić information content (AvgIpc) is 2.67. The Bertz CT molecular complexity index is 747. The molecule has 6 heteroatoms. The van der Waals surface area contributed by atoms with Crippen molar-refractivity contribution in [3.05, 3.63) is 33.9 Å². The summed E-state index contributed by atoms with van der Waals surface area (Å²) in [6.45, 7) is 5.62. The average molecular weight is 364 g/mol. The van der Waals surface area contributed by atoms with E-state index in [0.717, 1.165) is 27.5 Å². The lowest BCUT2D eigenvalue weighted by molar-refractivity contribution is -0.128. The van der Waals surface area contributed by atoms with Crippen LogP contribution in [-0.4, -0.2) is 40.9 Å². The van der Waals surface area contributed by atoms with Gasteiger partial charge >= 0.3 is 0 Å². The number of nitrogens with zero attached hydrogens (tertiary/aromatic N) is 2. The number of benzene rings is 1. The Balaban J connectivity index is 1.77. The topological polar surface area (TPSA) is 54.3 Å². The second-order valence-electron chi connectivity index (χ2n) is 5.78. The number of halogens is 1. The van der Waals surface area contributed by atoms with Gasteiger partial charge in [0.25, 0.3) is 0 Å². The van der Waals surface area contributed by atoms with Crippen molar-refractivity contribution in [2.75, 3.05) is 13.1 Å². The Morgan fingerprint density at radius 3 is 2.82 bits per heavy atom. The second kappa shape index (κ2) is 5.76. The lowest BCUT2D eigenvalue weighted by atomic mass is 10.1. The Kier molecular flexibility index (Phi) is 3.95. The van der Waals surface area contributed by atoms with Crippen molar-refractivity contribution in [3.63, 3.8) is 0 Å². The van der Waals surface area contributed by atoms with Crippen LogP contribution in [0.3, 0.4) is 0 Å². The number of likely N-dealkylation sites (tertiary alicyclic amines) is 1. The lowest BCUT2D eigenvalue weighted by Gasteiger charge is -2.36.